The van der Waals surface area contributed by atoms with Crippen LogP contribution in [0.3, 0.4) is 0 Å². The van der Waals surface area contributed by atoms with Gasteiger partial charge in [-0.2, -0.15) is 13.2 Å². The van der Waals surface area contributed by atoms with E-state index in [0.717, 1.165) is 12.1 Å². The molecule has 2 aromatic carbocycles. The van der Waals surface area contributed by atoms with Crippen molar-refractivity contribution in [1.82, 2.24) is 0 Å². The number of anilines is 1. The molecule has 0 radical (unpaired) electrons. The number of amides is 1. The Morgan fingerprint density at radius 2 is 1.65 bits per heavy atom. The average Bonchev–Trinajstić information content (AvgIpc) is 2.73. The van der Waals surface area contributed by atoms with Gasteiger partial charge in [0, 0.05) is 3.57 Å². The largest absolute Gasteiger partial charge is 0.416 e. The first-order valence-corrected chi connectivity index (χ1v) is 7.68. The van der Waals surface area contributed by atoms with Gasteiger partial charge in [0.25, 0.3) is 11.7 Å². The molecule has 0 fully saturated rings. The number of Topliss-reactive ketones (excluding diaryl/α,β-unsaturated/α-hetero) is 1. The Kier molecular flexibility index (Phi) is 3.91. The lowest BCUT2D eigenvalue weighted by Gasteiger charge is -2.17. The molecule has 23 heavy (non-hydrogen) atoms. The minimum Gasteiger partial charge on any atom is -0.300 e. The highest BCUT2D eigenvalue weighted by molar-refractivity contribution is 14.1. The predicted molar refractivity (Wildman–Crippen MR) is 86.1 cm³/mol. The second kappa shape index (κ2) is 5.63. The summed E-state index contributed by atoms with van der Waals surface area (Å²) in [4.78, 5) is 25.5. The lowest BCUT2D eigenvalue weighted by atomic mass is 10.1. The second-order valence-corrected chi connectivity index (χ2v) is 6.21. The highest BCUT2D eigenvalue weighted by atomic mass is 127. The molecular weight excluding hydrogens is 422 g/mol. The summed E-state index contributed by atoms with van der Waals surface area (Å²) in [6.45, 7) is 0.0514. The summed E-state index contributed by atoms with van der Waals surface area (Å²) >= 11 is 1.98. The highest BCUT2D eigenvalue weighted by Crippen LogP contribution is 2.34. The van der Waals surface area contributed by atoms with Crippen molar-refractivity contribution in [2.45, 2.75) is 12.7 Å². The van der Waals surface area contributed by atoms with Crippen molar-refractivity contribution in [3.05, 3.63) is 62.7 Å². The summed E-state index contributed by atoms with van der Waals surface area (Å²) in [5, 5.41) is 0. The van der Waals surface area contributed by atoms with E-state index in [0.29, 0.717) is 20.4 Å². The molecule has 0 atom stereocenters. The first kappa shape index (κ1) is 16.0. The number of carbonyl (C=O) groups excluding carboxylic acids is 2. The zero-order valence-corrected chi connectivity index (χ0v) is 13.7. The van der Waals surface area contributed by atoms with E-state index in [2.05, 4.69) is 0 Å². The maximum Gasteiger partial charge on any atom is 0.416 e. The summed E-state index contributed by atoms with van der Waals surface area (Å²) in [7, 11) is 0. The standard InChI is InChI=1S/C16H9F3INO2/c17-16(18,19)10-6-4-9(5-7-10)8-21-12-3-1-2-11(20)13(12)14(22)15(21)23/h1-7H,8H2. The lowest BCUT2D eigenvalue weighted by Crippen LogP contribution is -2.29. The topological polar surface area (TPSA) is 37.4 Å². The molecule has 0 spiro atoms. The Hall–Kier alpha value is -1.90. The fourth-order valence-corrected chi connectivity index (χ4v) is 3.17. The molecule has 0 N–H and O–H groups in total. The molecule has 2 aromatic rings. The van der Waals surface area contributed by atoms with Gasteiger partial charge in [-0.05, 0) is 52.4 Å². The molecule has 1 heterocycles. The van der Waals surface area contributed by atoms with Crippen LogP contribution in [0.15, 0.2) is 42.5 Å². The van der Waals surface area contributed by atoms with E-state index in [-0.39, 0.29) is 6.54 Å². The van der Waals surface area contributed by atoms with Gasteiger partial charge in [0.2, 0.25) is 0 Å². The van der Waals surface area contributed by atoms with Gasteiger partial charge in [-0.1, -0.05) is 18.2 Å². The Labute approximate surface area is 143 Å². The molecule has 0 unspecified atom stereocenters. The van der Waals surface area contributed by atoms with Crippen molar-refractivity contribution < 1.29 is 22.8 Å². The minimum absolute atomic E-state index is 0.0514. The molecular formula is C16H9F3INO2. The molecule has 7 heteroatoms. The van der Waals surface area contributed by atoms with Gasteiger partial charge < -0.3 is 4.90 Å². The smallest absolute Gasteiger partial charge is 0.300 e. The molecule has 118 valence electrons. The van der Waals surface area contributed by atoms with Crippen LogP contribution in [0.25, 0.3) is 0 Å². The van der Waals surface area contributed by atoms with Crippen LogP contribution in [0.4, 0.5) is 18.9 Å². The molecule has 0 bridgehead atoms. The summed E-state index contributed by atoms with van der Waals surface area (Å²) in [6, 6.07) is 9.67. The van der Waals surface area contributed by atoms with Gasteiger partial charge in [0.05, 0.1) is 23.4 Å². The van der Waals surface area contributed by atoms with Gasteiger partial charge in [-0.25, -0.2) is 0 Å². The molecule has 1 aliphatic rings. The van der Waals surface area contributed by atoms with E-state index < -0.39 is 23.4 Å². The summed E-state index contributed by atoms with van der Waals surface area (Å²) < 4.78 is 38.4. The van der Waals surface area contributed by atoms with Crippen LogP contribution in [-0.4, -0.2) is 11.7 Å². The highest BCUT2D eigenvalue weighted by Gasteiger charge is 2.37. The number of halogens is 4. The average molecular weight is 431 g/mol. The van der Waals surface area contributed by atoms with Crippen LogP contribution in [0.5, 0.6) is 0 Å². The number of hydrogen-bond donors (Lipinski definition) is 0. The van der Waals surface area contributed by atoms with Gasteiger partial charge in [-0.3, -0.25) is 9.59 Å². The van der Waals surface area contributed by atoms with Gasteiger partial charge >= 0.3 is 6.18 Å². The molecule has 1 aliphatic heterocycles. The van der Waals surface area contributed by atoms with E-state index in [9.17, 15) is 22.8 Å². The first-order valence-electron chi connectivity index (χ1n) is 6.60. The maximum atomic E-state index is 12.6. The van der Waals surface area contributed by atoms with Crippen molar-refractivity contribution in [3.63, 3.8) is 0 Å². The van der Waals surface area contributed by atoms with E-state index >= 15 is 0 Å². The quantitative estimate of drug-likeness (QED) is 0.532. The number of rotatable bonds is 2. The summed E-state index contributed by atoms with van der Waals surface area (Å²) in [5.41, 5.74) is 0.614. The third-order valence-electron chi connectivity index (χ3n) is 3.57. The SMILES string of the molecule is O=C1C(=O)N(Cc2ccc(C(F)(F)F)cc2)c2cccc(I)c21. The number of fused-ring (bicyclic) bond motifs is 1. The molecule has 3 rings (SSSR count). The lowest BCUT2D eigenvalue weighted by molar-refractivity contribution is -0.137. The number of alkyl halides is 3. The van der Waals surface area contributed by atoms with E-state index in [4.69, 9.17) is 0 Å². The second-order valence-electron chi connectivity index (χ2n) is 5.05. The van der Waals surface area contributed by atoms with Crippen LogP contribution in [0.1, 0.15) is 21.5 Å². The normalized spacial score (nSPS) is 14.3. The number of carbonyl (C=O) groups is 2. The van der Waals surface area contributed by atoms with Gasteiger partial charge in [-0.15, -0.1) is 0 Å². The van der Waals surface area contributed by atoms with E-state index in [1.54, 1.807) is 18.2 Å². The van der Waals surface area contributed by atoms with Crippen molar-refractivity contribution in [1.29, 1.82) is 0 Å². The maximum absolute atomic E-state index is 12.6. The van der Waals surface area contributed by atoms with Crippen LogP contribution in [-0.2, 0) is 17.5 Å². The van der Waals surface area contributed by atoms with Gasteiger partial charge in [0.15, 0.2) is 0 Å². The van der Waals surface area contributed by atoms with E-state index in [1.807, 2.05) is 22.6 Å². The van der Waals surface area contributed by atoms with Crippen LogP contribution in [0.2, 0.25) is 0 Å². The van der Waals surface area contributed by atoms with Crippen LogP contribution >= 0.6 is 22.6 Å². The zero-order valence-electron chi connectivity index (χ0n) is 11.5. The fourth-order valence-electron chi connectivity index (χ4n) is 2.44. The first-order chi connectivity index (χ1) is 10.8. The van der Waals surface area contributed by atoms with Crippen molar-refractivity contribution in [2.24, 2.45) is 0 Å². The Balaban J connectivity index is 1.91. The third-order valence-corrected chi connectivity index (χ3v) is 4.47. The number of nitrogens with zero attached hydrogens (tertiary/aromatic N) is 1. The predicted octanol–water partition coefficient (Wildman–Crippen LogP) is 4.04. The number of ketones is 1. The molecule has 0 saturated carbocycles. The minimum atomic E-state index is -4.40. The molecule has 0 aromatic heterocycles. The monoisotopic (exact) mass is 431 g/mol. The fraction of sp³-hybridized carbons (Fsp3) is 0.125. The number of hydrogen-bond acceptors (Lipinski definition) is 2. The Bertz CT molecular complexity index is 800. The van der Waals surface area contributed by atoms with Crippen molar-refractivity contribution >= 4 is 40.0 Å². The zero-order chi connectivity index (χ0) is 16.8. The molecule has 3 nitrogen and oxygen atoms in total. The van der Waals surface area contributed by atoms with Crippen LogP contribution < -0.4 is 4.90 Å². The molecule has 0 aliphatic carbocycles. The molecule has 1 amide bonds. The third kappa shape index (κ3) is 2.85. The number of benzene rings is 2. The Morgan fingerprint density at radius 1 is 1.00 bits per heavy atom. The van der Waals surface area contributed by atoms with Crippen molar-refractivity contribution in [2.75, 3.05) is 4.90 Å². The van der Waals surface area contributed by atoms with Crippen LogP contribution in [0, 0.1) is 3.57 Å². The summed E-state index contributed by atoms with van der Waals surface area (Å²) in [5.74, 6) is -1.25. The Morgan fingerprint density at radius 3 is 2.26 bits per heavy atom. The van der Waals surface area contributed by atoms with E-state index in [1.165, 1.54) is 17.0 Å². The van der Waals surface area contributed by atoms with Gasteiger partial charge in [0.1, 0.15) is 0 Å². The molecule has 0 saturated heterocycles. The summed E-state index contributed by atoms with van der Waals surface area (Å²) in [6.07, 6.45) is -4.40. The van der Waals surface area contributed by atoms with Crippen molar-refractivity contribution in [3.8, 4) is 0 Å².